The highest BCUT2D eigenvalue weighted by Crippen LogP contribution is 2.18. The van der Waals surface area contributed by atoms with Crippen LogP contribution in [0.2, 0.25) is 0 Å². The van der Waals surface area contributed by atoms with Crippen LogP contribution in [0.3, 0.4) is 0 Å². The first-order valence-corrected chi connectivity index (χ1v) is 7.76. The number of fused-ring (bicyclic) bond motifs is 1. The molecule has 6 heteroatoms. The van der Waals surface area contributed by atoms with Gasteiger partial charge in [-0.2, -0.15) is 0 Å². The third-order valence-corrected chi connectivity index (χ3v) is 4.42. The number of imidazole rings is 1. The Morgan fingerprint density at radius 2 is 2.36 bits per heavy atom. The molecule has 22 heavy (non-hydrogen) atoms. The second-order valence-corrected chi connectivity index (χ2v) is 6.15. The minimum absolute atomic E-state index is 0.0913. The Kier molecular flexibility index (Phi) is 4.00. The van der Waals surface area contributed by atoms with Crippen LogP contribution in [0.5, 0.6) is 0 Å². The van der Waals surface area contributed by atoms with E-state index < -0.39 is 0 Å². The normalized spacial score (nSPS) is 18.8. The lowest BCUT2D eigenvalue weighted by Crippen LogP contribution is -2.43. The Bertz CT molecular complexity index is 654. The largest absolute Gasteiger partial charge is 0.361 e. The third-order valence-electron chi connectivity index (χ3n) is 4.42. The summed E-state index contributed by atoms with van der Waals surface area (Å²) in [5.74, 6) is 1.90. The third kappa shape index (κ3) is 2.91. The molecule has 0 aliphatic carbocycles. The van der Waals surface area contributed by atoms with Crippen LogP contribution in [0.15, 0.2) is 16.9 Å². The molecular formula is C16H22N4O2. The summed E-state index contributed by atoms with van der Waals surface area (Å²) in [5.41, 5.74) is 1.92. The van der Waals surface area contributed by atoms with Gasteiger partial charge in [0, 0.05) is 42.9 Å². The molecule has 0 saturated carbocycles. The number of rotatable bonds is 4. The van der Waals surface area contributed by atoms with Crippen molar-refractivity contribution in [2.24, 2.45) is 5.92 Å². The van der Waals surface area contributed by atoms with Gasteiger partial charge in [-0.25, -0.2) is 4.98 Å². The SMILES string of the molecule is Cc1noc(C)c1C[C@H](C)C(=O)N[C@H]1CCc2nccn2C1. The van der Waals surface area contributed by atoms with Gasteiger partial charge >= 0.3 is 0 Å². The number of hydrogen-bond donors (Lipinski definition) is 1. The number of nitrogens with zero attached hydrogens (tertiary/aromatic N) is 3. The van der Waals surface area contributed by atoms with E-state index in [0.717, 1.165) is 42.2 Å². The number of amides is 1. The predicted molar refractivity (Wildman–Crippen MR) is 81.3 cm³/mol. The fourth-order valence-corrected chi connectivity index (χ4v) is 3.02. The average Bonchev–Trinajstić information content (AvgIpc) is 3.08. The maximum atomic E-state index is 12.4. The summed E-state index contributed by atoms with van der Waals surface area (Å²) in [6.07, 6.45) is 6.31. The van der Waals surface area contributed by atoms with E-state index in [0.29, 0.717) is 6.42 Å². The zero-order chi connectivity index (χ0) is 15.7. The summed E-state index contributed by atoms with van der Waals surface area (Å²) >= 11 is 0. The summed E-state index contributed by atoms with van der Waals surface area (Å²) < 4.78 is 7.28. The van der Waals surface area contributed by atoms with Gasteiger partial charge in [-0.15, -0.1) is 0 Å². The van der Waals surface area contributed by atoms with Crippen LogP contribution in [-0.4, -0.2) is 26.7 Å². The molecule has 1 N–H and O–H groups in total. The van der Waals surface area contributed by atoms with Crippen LogP contribution >= 0.6 is 0 Å². The van der Waals surface area contributed by atoms with Crippen molar-refractivity contribution in [1.82, 2.24) is 20.0 Å². The molecule has 1 amide bonds. The summed E-state index contributed by atoms with van der Waals surface area (Å²) in [4.78, 5) is 16.7. The maximum absolute atomic E-state index is 12.4. The molecule has 0 fully saturated rings. The first-order chi connectivity index (χ1) is 10.5. The van der Waals surface area contributed by atoms with E-state index in [1.807, 2.05) is 33.2 Å². The van der Waals surface area contributed by atoms with Gasteiger partial charge in [0.1, 0.15) is 11.6 Å². The maximum Gasteiger partial charge on any atom is 0.223 e. The molecule has 0 spiro atoms. The fraction of sp³-hybridized carbons (Fsp3) is 0.562. The van der Waals surface area contributed by atoms with E-state index in [1.165, 1.54) is 0 Å². The van der Waals surface area contributed by atoms with Gasteiger partial charge in [0.2, 0.25) is 5.91 Å². The molecule has 3 rings (SSSR count). The molecule has 1 aliphatic heterocycles. The van der Waals surface area contributed by atoms with Crippen molar-refractivity contribution >= 4 is 5.91 Å². The van der Waals surface area contributed by atoms with E-state index >= 15 is 0 Å². The van der Waals surface area contributed by atoms with Crippen molar-refractivity contribution in [1.29, 1.82) is 0 Å². The lowest BCUT2D eigenvalue weighted by Gasteiger charge is -2.26. The van der Waals surface area contributed by atoms with Gasteiger partial charge < -0.3 is 14.4 Å². The smallest absolute Gasteiger partial charge is 0.223 e. The van der Waals surface area contributed by atoms with E-state index in [4.69, 9.17) is 4.52 Å². The second kappa shape index (κ2) is 5.94. The molecule has 2 atom stereocenters. The Balaban J connectivity index is 1.58. The summed E-state index contributed by atoms with van der Waals surface area (Å²) in [6, 6.07) is 0.182. The number of aryl methyl sites for hydroxylation is 3. The van der Waals surface area contributed by atoms with Gasteiger partial charge in [0.15, 0.2) is 0 Å². The Hall–Kier alpha value is -2.11. The van der Waals surface area contributed by atoms with Crippen molar-refractivity contribution in [2.75, 3.05) is 0 Å². The molecule has 3 heterocycles. The van der Waals surface area contributed by atoms with Crippen LogP contribution in [0.25, 0.3) is 0 Å². The molecule has 0 saturated heterocycles. The number of hydrogen-bond acceptors (Lipinski definition) is 4. The van der Waals surface area contributed by atoms with Crippen molar-refractivity contribution in [3.8, 4) is 0 Å². The minimum atomic E-state index is -0.0963. The molecule has 118 valence electrons. The molecule has 2 aromatic heterocycles. The van der Waals surface area contributed by atoms with E-state index in [2.05, 4.69) is 20.0 Å². The summed E-state index contributed by atoms with van der Waals surface area (Å²) in [6.45, 7) is 6.56. The molecule has 0 aromatic carbocycles. The van der Waals surface area contributed by atoms with Crippen LogP contribution in [0.1, 0.15) is 36.2 Å². The molecule has 0 bridgehead atoms. The van der Waals surface area contributed by atoms with Gasteiger partial charge in [-0.1, -0.05) is 12.1 Å². The number of nitrogens with one attached hydrogen (secondary N) is 1. The summed E-state index contributed by atoms with van der Waals surface area (Å²) in [5, 5.41) is 7.11. The predicted octanol–water partition coefficient (Wildman–Crippen LogP) is 1.80. The number of aromatic nitrogens is 3. The average molecular weight is 302 g/mol. The van der Waals surface area contributed by atoms with Crippen LogP contribution < -0.4 is 5.32 Å². The topological polar surface area (TPSA) is 73.0 Å². The first-order valence-electron chi connectivity index (χ1n) is 7.76. The van der Waals surface area contributed by atoms with Crippen molar-refractivity contribution < 1.29 is 9.32 Å². The lowest BCUT2D eigenvalue weighted by molar-refractivity contribution is -0.125. The van der Waals surface area contributed by atoms with Crippen molar-refractivity contribution in [2.45, 2.75) is 52.6 Å². The summed E-state index contributed by atoms with van der Waals surface area (Å²) in [7, 11) is 0. The first kappa shape index (κ1) is 14.8. The molecule has 1 aliphatic rings. The highest BCUT2D eigenvalue weighted by atomic mass is 16.5. The molecule has 0 unspecified atom stereocenters. The van der Waals surface area contributed by atoms with Crippen molar-refractivity contribution in [3.63, 3.8) is 0 Å². The Morgan fingerprint density at radius 3 is 3.09 bits per heavy atom. The number of carbonyl (C=O) groups excluding carboxylic acids is 1. The minimum Gasteiger partial charge on any atom is -0.361 e. The molecule has 2 aromatic rings. The number of carbonyl (C=O) groups is 1. The standard InChI is InChI=1S/C16H22N4O2/c1-10(8-14-11(2)19-22-12(14)3)16(21)18-13-4-5-15-17-6-7-20(15)9-13/h6-7,10,13H,4-5,8-9H2,1-3H3,(H,18,21)/t10-,13-/m0/s1. The van der Waals surface area contributed by atoms with E-state index in [1.54, 1.807) is 0 Å². The Labute approximate surface area is 129 Å². The Morgan fingerprint density at radius 1 is 1.55 bits per heavy atom. The van der Waals surface area contributed by atoms with Gasteiger partial charge in [-0.3, -0.25) is 4.79 Å². The van der Waals surface area contributed by atoms with Crippen LogP contribution in [0, 0.1) is 19.8 Å². The molecular weight excluding hydrogens is 280 g/mol. The molecule has 6 nitrogen and oxygen atoms in total. The fourth-order valence-electron chi connectivity index (χ4n) is 3.02. The van der Waals surface area contributed by atoms with Gasteiger partial charge in [0.25, 0.3) is 0 Å². The highest BCUT2D eigenvalue weighted by molar-refractivity contribution is 5.79. The van der Waals surface area contributed by atoms with E-state index in [-0.39, 0.29) is 17.9 Å². The van der Waals surface area contributed by atoms with Gasteiger partial charge in [-0.05, 0) is 26.7 Å². The van der Waals surface area contributed by atoms with E-state index in [9.17, 15) is 4.79 Å². The highest BCUT2D eigenvalue weighted by Gasteiger charge is 2.24. The zero-order valence-corrected chi connectivity index (χ0v) is 13.3. The zero-order valence-electron chi connectivity index (χ0n) is 13.3. The monoisotopic (exact) mass is 302 g/mol. The van der Waals surface area contributed by atoms with Crippen LogP contribution in [-0.2, 0) is 24.2 Å². The second-order valence-electron chi connectivity index (χ2n) is 6.15. The quantitative estimate of drug-likeness (QED) is 0.934. The van der Waals surface area contributed by atoms with Crippen LogP contribution in [0.4, 0.5) is 0 Å². The van der Waals surface area contributed by atoms with Gasteiger partial charge in [0.05, 0.1) is 5.69 Å². The molecule has 0 radical (unpaired) electrons. The lowest BCUT2D eigenvalue weighted by atomic mass is 9.98. The van der Waals surface area contributed by atoms with Crippen molar-refractivity contribution in [3.05, 3.63) is 35.2 Å².